The number of aliphatic carboxylic acids is 1. The molecule has 1 atom stereocenters. The van der Waals surface area contributed by atoms with E-state index in [1.54, 1.807) is 44.1 Å². The van der Waals surface area contributed by atoms with E-state index in [0.29, 0.717) is 30.3 Å². The summed E-state index contributed by atoms with van der Waals surface area (Å²) < 4.78 is 11.2. The largest absolute Gasteiger partial charge is 0.490 e. The average Bonchev–Trinajstić information content (AvgIpc) is 2.61. The number of ether oxygens (including phenoxy) is 2. The quantitative estimate of drug-likeness (QED) is 0.901. The van der Waals surface area contributed by atoms with Gasteiger partial charge in [0.2, 0.25) is 0 Å². The number of nitrogens with zero attached hydrogens (tertiary/aromatic N) is 1. The third kappa shape index (κ3) is 2.38. The molecule has 1 aliphatic heterocycles. The maximum absolute atomic E-state index is 11.6. The average molecular weight is 265 g/mol. The molecule has 0 spiro atoms. The van der Waals surface area contributed by atoms with E-state index < -0.39 is 11.5 Å². The minimum absolute atomic E-state index is 0.586. The van der Waals surface area contributed by atoms with Crippen LogP contribution in [-0.2, 0) is 10.3 Å². The molecule has 1 aromatic carbocycles. The fraction of sp³-hybridized carbons (Fsp3) is 0.500. The minimum atomic E-state index is -1.09. The molecule has 0 saturated heterocycles. The van der Waals surface area contributed by atoms with Crippen LogP contribution in [0.4, 0.5) is 0 Å². The Morgan fingerprint density at radius 3 is 2.47 bits per heavy atom. The number of carboxylic acids is 1. The molecule has 19 heavy (non-hydrogen) atoms. The first-order chi connectivity index (χ1) is 8.96. The van der Waals surface area contributed by atoms with Crippen molar-refractivity contribution in [2.24, 2.45) is 0 Å². The maximum Gasteiger partial charge on any atom is 0.328 e. The molecule has 1 aliphatic rings. The second-order valence-electron chi connectivity index (χ2n) is 4.98. The molecule has 0 aromatic heterocycles. The van der Waals surface area contributed by atoms with Gasteiger partial charge in [-0.25, -0.2) is 4.79 Å². The number of likely N-dealkylation sites (N-methyl/N-ethyl adjacent to an activating group) is 1. The van der Waals surface area contributed by atoms with Gasteiger partial charge < -0.3 is 14.6 Å². The molecule has 0 bridgehead atoms. The number of carboxylic acid groups (broad SMARTS) is 1. The Labute approximate surface area is 112 Å². The zero-order chi connectivity index (χ0) is 14.0. The van der Waals surface area contributed by atoms with Crippen LogP contribution in [0.1, 0.15) is 18.9 Å². The third-order valence-electron chi connectivity index (χ3n) is 3.62. The molecule has 0 saturated carbocycles. The van der Waals surface area contributed by atoms with Crippen LogP contribution in [0.3, 0.4) is 0 Å². The Morgan fingerprint density at radius 1 is 1.26 bits per heavy atom. The van der Waals surface area contributed by atoms with E-state index in [1.807, 2.05) is 0 Å². The molecule has 2 rings (SSSR count). The second-order valence-corrected chi connectivity index (χ2v) is 4.98. The molecule has 0 aliphatic carbocycles. The lowest BCUT2D eigenvalue weighted by molar-refractivity contribution is -0.149. The molecule has 0 radical (unpaired) electrons. The van der Waals surface area contributed by atoms with Crippen LogP contribution in [0, 0.1) is 0 Å². The number of rotatable bonds is 3. The summed E-state index contributed by atoms with van der Waals surface area (Å²) in [6.07, 6.45) is 0.827. The lowest BCUT2D eigenvalue weighted by atomic mass is 9.90. The van der Waals surface area contributed by atoms with Crippen LogP contribution in [0.2, 0.25) is 0 Å². The summed E-state index contributed by atoms with van der Waals surface area (Å²) in [6.45, 7) is 2.88. The summed E-state index contributed by atoms with van der Waals surface area (Å²) in [7, 11) is 3.49. The predicted octanol–water partition coefficient (Wildman–Crippen LogP) is 1.71. The highest BCUT2D eigenvalue weighted by Crippen LogP contribution is 2.35. The van der Waals surface area contributed by atoms with E-state index in [2.05, 4.69) is 0 Å². The van der Waals surface area contributed by atoms with E-state index in [4.69, 9.17) is 9.47 Å². The highest BCUT2D eigenvalue weighted by molar-refractivity contribution is 5.80. The van der Waals surface area contributed by atoms with Crippen molar-refractivity contribution in [1.82, 2.24) is 4.90 Å². The van der Waals surface area contributed by atoms with Crippen molar-refractivity contribution < 1.29 is 19.4 Å². The summed E-state index contributed by atoms with van der Waals surface area (Å²) in [6, 6.07) is 5.32. The van der Waals surface area contributed by atoms with E-state index in [0.717, 1.165) is 6.42 Å². The standard InChI is InChI=1S/C14H19NO4/c1-14(13(16)17,15(2)3)10-5-6-11-12(9-10)19-8-4-7-18-11/h5-6,9H,4,7-8H2,1-3H3,(H,16,17). The summed E-state index contributed by atoms with van der Waals surface area (Å²) >= 11 is 0. The number of hydrogen-bond donors (Lipinski definition) is 1. The van der Waals surface area contributed by atoms with Gasteiger partial charge in [0.05, 0.1) is 13.2 Å². The second kappa shape index (κ2) is 5.09. The Balaban J connectivity index is 2.45. The van der Waals surface area contributed by atoms with Gasteiger partial charge >= 0.3 is 5.97 Å². The first kappa shape index (κ1) is 13.7. The predicted molar refractivity (Wildman–Crippen MR) is 70.7 cm³/mol. The molecular formula is C14H19NO4. The van der Waals surface area contributed by atoms with Gasteiger partial charge in [0.15, 0.2) is 11.5 Å². The molecule has 0 fully saturated rings. The van der Waals surface area contributed by atoms with Crippen LogP contribution in [-0.4, -0.2) is 43.3 Å². The monoisotopic (exact) mass is 265 g/mol. The summed E-state index contributed by atoms with van der Waals surface area (Å²) in [5.41, 5.74) is -0.417. The number of carbonyl (C=O) groups is 1. The highest BCUT2D eigenvalue weighted by atomic mass is 16.5. The fourth-order valence-electron chi connectivity index (χ4n) is 2.04. The minimum Gasteiger partial charge on any atom is -0.490 e. The SMILES string of the molecule is CN(C)C(C)(C(=O)O)c1ccc2c(c1)OCCCO2. The molecule has 1 unspecified atom stereocenters. The smallest absolute Gasteiger partial charge is 0.328 e. The lowest BCUT2D eigenvalue weighted by Crippen LogP contribution is -2.45. The van der Waals surface area contributed by atoms with Gasteiger partial charge in [-0.15, -0.1) is 0 Å². The zero-order valence-corrected chi connectivity index (χ0v) is 11.5. The molecular weight excluding hydrogens is 246 g/mol. The van der Waals surface area contributed by atoms with Gasteiger partial charge in [-0.1, -0.05) is 6.07 Å². The van der Waals surface area contributed by atoms with Crippen LogP contribution in [0.15, 0.2) is 18.2 Å². The Hall–Kier alpha value is -1.75. The van der Waals surface area contributed by atoms with Crippen LogP contribution < -0.4 is 9.47 Å². The summed E-state index contributed by atoms with van der Waals surface area (Å²) in [4.78, 5) is 13.3. The normalized spacial score (nSPS) is 17.7. The number of benzene rings is 1. The number of fused-ring (bicyclic) bond motifs is 1. The zero-order valence-electron chi connectivity index (χ0n) is 11.5. The van der Waals surface area contributed by atoms with Crippen molar-refractivity contribution in [3.05, 3.63) is 23.8 Å². The molecule has 5 heteroatoms. The Morgan fingerprint density at radius 2 is 1.89 bits per heavy atom. The van der Waals surface area contributed by atoms with Crippen molar-refractivity contribution in [3.63, 3.8) is 0 Å². The van der Waals surface area contributed by atoms with Crippen LogP contribution in [0.25, 0.3) is 0 Å². The van der Waals surface area contributed by atoms with Crippen molar-refractivity contribution >= 4 is 5.97 Å². The van der Waals surface area contributed by atoms with E-state index in [1.165, 1.54) is 0 Å². The first-order valence-electron chi connectivity index (χ1n) is 6.27. The van der Waals surface area contributed by atoms with Gasteiger partial charge in [-0.3, -0.25) is 4.90 Å². The number of hydrogen-bond acceptors (Lipinski definition) is 4. The van der Waals surface area contributed by atoms with Crippen molar-refractivity contribution in [3.8, 4) is 11.5 Å². The van der Waals surface area contributed by atoms with Gasteiger partial charge in [-0.05, 0) is 38.7 Å². The van der Waals surface area contributed by atoms with Gasteiger partial charge in [0.25, 0.3) is 0 Å². The van der Waals surface area contributed by atoms with Crippen LogP contribution in [0.5, 0.6) is 11.5 Å². The fourth-order valence-corrected chi connectivity index (χ4v) is 2.04. The van der Waals surface area contributed by atoms with Gasteiger partial charge in [0, 0.05) is 6.42 Å². The van der Waals surface area contributed by atoms with E-state index in [-0.39, 0.29) is 0 Å². The highest BCUT2D eigenvalue weighted by Gasteiger charge is 2.38. The molecule has 5 nitrogen and oxygen atoms in total. The molecule has 1 heterocycles. The molecule has 104 valence electrons. The van der Waals surface area contributed by atoms with Crippen LogP contribution >= 0.6 is 0 Å². The molecule has 1 aromatic rings. The van der Waals surface area contributed by atoms with Gasteiger partial charge in [0.1, 0.15) is 5.54 Å². The van der Waals surface area contributed by atoms with E-state index in [9.17, 15) is 9.90 Å². The molecule has 1 N–H and O–H groups in total. The van der Waals surface area contributed by atoms with Gasteiger partial charge in [-0.2, -0.15) is 0 Å². The van der Waals surface area contributed by atoms with E-state index >= 15 is 0 Å². The Bertz CT molecular complexity index is 486. The Kier molecular flexibility index (Phi) is 3.66. The third-order valence-corrected chi connectivity index (χ3v) is 3.62. The first-order valence-corrected chi connectivity index (χ1v) is 6.27. The van der Waals surface area contributed by atoms with Crippen molar-refractivity contribution in [2.45, 2.75) is 18.9 Å². The topological polar surface area (TPSA) is 59.0 Å². The van der Waals surface area contributed by atoms with Crippen molar-refractivity contribution in [2.75, 3.05) is 27.3 Å². The lowest BCUT2D eigenvalue weighted by Gasteiger charge is -2.32. The summed E-state index contributed by atoms with van der Waals surface area (Å²) in [5.74, 6) is 0.393. The maximum atomic E-state index is 11.6. The summed E-state index contributed by atoms with van der Waals surface area (Å²) in [5, 5.41) is 9.50. The molecule has 0 amide bonds. The van der Waals surface area contributed by atoms with Crippen molar-refractivity contribution in [1.29, 1.82) is 0 Å².